The first kappa shape index (κ1) is 26.2. The van der Waals surface area contributed by atoms with Gasteiger partial charge >= 0.3 is 21.9 Å². The van der Waals surface area contributed by atoms with Gasteiger partial charge in [-0.2, -0.15) is 22.0 Å². The van der Waals surface area contributed by atoms with Gasteiger partial charge in [0, 0.05) is 11.9 Å². The molecule has 4 aromatic rings. The normalized spacial score (nSPS) is 13.0. The lowest BCUT2D eigenvalue weighted by Gasteiger charge is -2.22. The van der Waals surface area contributed by atoms with Crippen LogP contribution in [0.4, 0.5) is 32.3 Å². The van der Waals surface area contributed by atoms with Crippen LogP contribution in [-0.2, 0) is 23.1 Å². The number of alkyl halides is 6. The molecule has 0 aliphatic heterocycles. The van der Waals surface area contributed by atoms with E-state index in [1.165, 1.54) is 7.11 Å². The highest BCUT2D eigenvalue weighted by Gasteiger charge is 2.50. The van der Waals surface area contributed by atoms with Gasteiger partial charge in [0.15, 0.2) is 11.5 Å². The second-order valence-electron chi connectivity index (χ2n) is 7.50. The average Bonchev–Trinajstić information content (AvgIpc) is 3.23. The zero-order chi connectivity index (χ0) is 27.2. The molecule has 2 aromatic carbocycles. The molecule has 0 unspecified atom stereocenters. The third-order valence-electron chi connectivity index (χ3n) is 5.02. The molecule has 0 saturated heterocycles. The van der Waals surface area contributed by atoms with E-state index in [0.29, 0.717) is 16.7 Å². The molecule has 2 heterocycles. The van der Waals surface area contributed by atoms with Crippen molar-refractivity contribution in [2.24, 2.45) is 0 Å². The van der Waals surface area contributed by atoms with Gasteiger partial charge in [0.1, 0.15) is 17.0 Å². The minimum atomic E-state index is -5.91. The van der Waals surface area contributed by atoms with Gasteiger partial charge in [-0.3, -0.25) is 0 Å². The van der Waals surface area contributed by atoms with E-state index in [1.807, 2.05) is 0 Å². The van der Waals surface area contributed by atoms with E-state index in [1.54, 1.807) is 18.2 Å². The van der Waals surface area contributed by atoms with Gasteiger partial charge in [0.2, 0.25) is 5.95 Å². The molecule has 37 heavy (non-hydrogen) atoms. The Bertz CT molecular complexity index is 1550. The summed E-state index contributed by atoms with van der Waals surface area (Å²) < 4.78 is 112. The van der Waals surface area contributed by atoms with Crippen LogP contribution in [0.25, 0.3) is 16.6 Å². The van der Waals surface area contributed by atoms with Crippen LogP contribution >= 0.6 is 0 Å². The van der Waals surface area contributed by atoms with E-state index >= 15 is 0 Å². The number of anilines is 1. The summed E-state index contributed by atoms with van der Waals surface area (Å²) in [6.07, 6.45) is -4.98. The summed E-state index contributed by atoms with van der Waals surface area (Å²) in [5.41, 5.74) is 0.582. The van der Waals surface area contributed by atoms with Crippen molar-refractivity contribution in [3.8, 4) is 11.5 Å². The van der Waals surface area contributed by atoms with Crippen LogP contribution in [0.2, 0.25) is 0 Å². The van der Waals surface area contributed by atoms with Gasteiger partial charge in [-0.1, -0.05) is 18.2 Å². The fourth-order valence-corrected chi connectivity index (χ4v) is 4.33. The van der Waals surface area contributed by atoms with Crippen molar-refractivity contribution in [2.75, 3.05) is 12.8 Å². The second kappa shape index (κ2) is 9.22. The minimum absolute atomic E-state index is 0.0494. The number of sulfonamides is 1. The maximum absolute atomic E-state index is 13.4. The number of nitrogen functional groups attached to an aromatic ring is 1. The van der Waals surface area contributed by atoms with Gasteiger partial charge in [-0.25, -0.2) is 18.4 Å². The van der Waals surface area contributed by atoms with E-state index in [9.17, 15) is 34.8 Å². The molecular weight excluding hydrogens is 534 g/mol. The van der Waals surface area contributed by atoms with Crippen molar-refractivity contribution in [2.45, 2.75) is 25.0 Å². The summed E-state index contributed by atoms with van der Waals surface area (Å²) in [5.74, 6) is -0.811. The topological polar surface area (TPSA) is 125 Å². The maximum Gasteiger partial charge on any atom is 0.573 e. The Kier molecular flexibility index (Phi) is 6.53. The second-order valence-corrected chi connectivity index (χ2v) is 9.43. The zero-order valence-electron chi connectivity index (χ0n) is 18.6. The molecule has 0 spiro atoms. The lowest BCUT2D eigenvalue weighted by Crippen LogP contribution is -2.40. The third kappa shape index (κ3) is 5.31. The molecule has 17 heteroatoms. The Hall–Kier alpha value is -3.86. The monoisotopic (exact) mass is 550 g/mol. The number of hydrogen-bond donors (Lipinski definition) is 1. The highest BCUT2D eigenvalue weighted by molar-refractivity contribution is 7.89. The Morgan fingerprint density at radius 3 is 2.27 bits per heavy atom. The molecule has 10 nitrogen and oxygen atoms in total. The van der Waals surface area contributed by atoms with Crippen molar-refractivity contribution in [3.05, 3.63) is 53.9 Å². The van der Waals surface area contributed by atoms with E-state index in [4.69, 9.17) is 10.5 Å². The molecule has 0 aliphatic carbocycles. The molecule has 0 aliphatic rings. The summed E-state index contributed by atoms with van der Waals surface area (Å²) >= 11 is 0. The number of nitrogens with two attached hydrogens (primary N) is 1. The minimum Gasteiger partial charge on any atom is -0.494 e. The van der Waals surface area contributed by atoms with Crippen molar-refractivity contribution < 1.29 is 44.2 Å². The molecule has 0 radical (unpaired) electrons. The number of halogens is 6. The maximum atomic E-state index is 13.4. The number of fused-ring (bicyclic) bond motifs is 3. The standard InChI is InChI=1S/C20H16F6N6O4S/c1-35-14-4-2-3-13-16(14)29-18(27)32-17(13)28-15(30-32)10-31(37(33,34)20(24,25)26)9-11-5-7-12(8-6-11)36-19(21,22)23/h2-8H,9-10H2,1H3,(H2,27,29). The Morgan fingerprint density at radius 1 is 1.00 bits per heavy atom. The molecule has 198 valence electrons. The molecule has 0 bridgehead atoms. The first-order chi connectivity index (χ1) is 17.2. The predicted octanol–water partition coefficient (Wildman–Crippen LogP) is 3.62. The highest BCUT2D eigenvalue weighted by atomic mass is 32.2. The highest BCUT2D eigenvalue weighted by Crippen LogP contribution is 2.31. The number of benzene rings is 2. The van der Waals surface area contributed by atoms with Crippen LogP contribution in [0.15, 0.2) is 42.5 Å². The van der Waals surface area contributed by atoms with Gasteiger partial charge in [0.05, 0.1) is 13.7 Å². The number of ether oxygens (including phenoxy) is 2. The van der Waals surface area contributed by atoms with Crippen LogP contribution in [0.3, 0.4) is 0 Å². The summed E-state index contributed by atoms with van der Waals surface area (Å²) in [7, 11) is -4.51. The fourth-order valence-electron chi connectivity index (χ4n) is 3.43. The number of methoxy groups -OCH3 is 1. The molecular formula is C20H16F6N6O4S. The molecule has 4 rings (SSSR count). The van der Waals surface area contributed by atoms with Crippen molar-refractivity contribution in [1.82, 2.24) is 23.9 Å². The lowest BCUT2D eigenvalue weighted by molar-refractivity contribution is -0.274. The van der Waals surface area contributed by atoms with Crippen LogP contribution < -0.4 is 15.2 Å². The lowest BCUT2D eigenvalue weighted by atomic mass is 10.2. The van der Waals surface area contributed by atoms with Gasteiger partial charge in [0.25, 0.3) is 0 Å². The Labute approximate surface area is 204 Å². The summed E-state index contributed by atoms with van der Waals surface area (Å²) in [6.45, 7) is -1.79. The Morgan fingerprint density at radius 2 is 1.68 bits per heavy atom. The predicted molar refractivity (Wildman–Crippen MR) is 117 cm³/mol. The quantitative estimate of drug-likeness (QED) is 0.346. The summed E-state index contributed by atoms with van der Waals surface area (Å²) in [6, 6.07) is 8.49. The number of rotatable bonds is 7. The summed E-state index contributed by atoms with van der Waals surface area (Å²) in [4.78, 5) is 8.33. The van der Waals surface area contributed by atoms with Crippen LogP contribution in [0, 0.1) is 0 Å². The van der Waals surface area contributed by atoms with Gasteiger partial charge in [-0.05, 0) is 29.8 Å². The smallest absolute Gasteiger partial charge is 0.494 e. The molecule has 0 amide bonds. The first-order valence-electron chi connectivity index (χ1n) is 10.1. The van der Waals surface area contributed by atoms with Crippen molar-refractivity contribution >= 4 is 32.5 Å². The van der Waals surface area contributed by atoms with Crippen LogP contribution in [0.5, 0.6) is 11.5 Å². The average molecular weight is 550 g/mol. The largest absolute Gasteiger partial charge is 0.573 e. The number of hydrogen-bond acceptors (Lipinski definition) is 8. The molecule has 2 N–H and O–H groups in total. The fraction of sp³-hybridized carbons (Fsp3) is 0.250. The Balaban J connectivity index is 1.72. The molecule has 2 aromatic heterocycles. The van der Waals surface area contributed by atoms with Crippen LogP contribution in [0.1, 0.15) is 11.4 Å². The van der Waals surface area contributed by atoms with E-state index in [0.717, 1.165) is 28.8 Å². The number of para-hydroxylation sites is 1. The van der Waals surface area contributed by atoms with Crippen molar-refractivity contribution in [1.29, 1.82) is 0 Å². The third-order valence-corrected chi connectivity index (χ3v) is 6.54. The van der Waals surface area contributed by atoms with Crippen LogP contribution in [-0.4, -0.2) is 51.3 Å². The van der Waals surface area contributed by atoms with Gasteiger partial charge < -0.3 is 15.2 Å². The molecule has 0 atom stereocenters. The van der Waals surface area contributed by atoms with Crippen molar-refractivity contribution in [3.63, 3.8) is 0 Å². The molecule has 0 fully saturated rings. The van der Waals surface area contributed by atoms with Gasteiger partial charge in [-0.15, -0.1) is 18.3 Å². The first-order valence-corrected chi connectivity index (χ1v) is 11.5. The molecule has 0 saturated carbocycles. The zero-order valence-corrected chi connectivity index (χ0v) is 19.4. The summed E-state index contributed by atoms with van der Waals surface area (Å²) in [5, 5.41) is 4.39. The number of aromatic nitrogens is 4. The van der Waals surface area contributed by atoms with E-state index in [-0.39, 0.29) is 27.3 Å². The van der Waals surface area contributed by atoms with E-state index in [2.05, 4.69) is 19.8 Å². The SMILES string of the molecule is COc1cccc2c1nc(N)n1nc(CN(Cc3ccc(OC(F)(F)F)cc3)S(=O)(=O)C(F)(F)F)nc21. The number of nitrogens with zero attached hydrogens (tertiary/aromatic N) is 5. The van der Waals surface area contributed by atoms with E-state index < -0.39 is 40.7 Å².